The summed E-state index contributed by atoms with van der Waals surface area (Å²) >= 11 is 0. The average Bonchev–Trinajstić information content (AvgIpc) is 2.20. The number of carbonyl (C=O) groups is 1. The van der Waals surface area contributed by atoms with E-state index in [4.69, 9.17) is 5.26 Å². The van der Waals surface area contributed by atoms with Gasteiger partial charge in [-0.3, -0.25) is 4.79 Å². The Balaban J connectivity index is 2.91. The topological polar surface area (TPSA) is 63.0 Å². The fourth-order valence-corrected chi connectivity index (χ4v) is 0.879. The van der Waals surface area contributed by atoms with Crippen LogP contribution in [0.1, 0.15) is 11.4 Å². The molecule has 1 heterocycles. The maximum atomic E-state index is 12.8. The molecule has 0 bridgehead atoms. The Morgan fingerprint density at radius 3 is 3.00 bits per heavy atom. The first-order valence-corrected chi connectivity index (χ1v) is 3.79. The zero-order chi connectivity index (χ0) is 10.6. The van der Waals surface area contributed by atoms with Crippen molar-refractivity contribution in [3.05, 3.63) is 29.3 Å². The molecule has 1 aromatic rings. The van der Waals surface area contributed by atoms with Crippen LogP contribution in [0.5, 0.6) is 0 Å². The van der Waals surface area contributed by atoms with Gasteiger partial charge in [-0.1, -0.05) is 0 Å². The van der Waals surface area contributed by atoms with Crippen LogP contribution in [0.2, 0.25) is 0 Å². The van der Waals surface area contributed by atoms with E-state index in [1.54, 1.807) is 6.07 Å². The molecule has 14 heavy (non-hydrogen) atoms. The smallest absolute Gasteiger partial charge is 0.311 e. The highest BCUT2D eigenvalue weighted by Crippen LogP contribution is 2.05. The zero-order valence-electron chi connectivity index (χ0n) is 7.45. The van der Waals surface area contributed by atoms with Crippen LogP contribution in [-0.2, 0) is 16.0 Å². The van der Waals surface area contributed by atoms with E-state index < -0.39 is 11.8 Å². The molecule has 0 atom stereocenters. The molecule has 5 heteroatoms. The summed E-state index contributed by atoms with van der Waals surface area (Å²) in [5.74, 6) is -1.17. The molecule has 1 aromatic heterocycles. The third kappa shape index (κ3) is 2.26. The van der Waals surface area contributed by atoms with Crippen LogP contribution in [0, 0.1) is 17.1 Å². The third-order valence-electron chi connectivity index (χ3n) is 1.56. The minimum absolute atomic E-state index is 0.0640. The van der Waals surface area contributed by atoms with Gasteiger partial charge in [0.15, 0.2) is 11.5 Å². The predicted molar refractivity (Wildman–Crippen MR) is 44.6 cm³/mol. The Bertz CT molecular complexity index is 398. The summed E-state index contributed by atoms with van der Waals surface area (Å²) in [5.41, 5.74) is 0.00111. The first-order chi connectivity index (χ1) is 6.67. The van der Waals surface area contributed by atoms with Crippen LogP contribution in [0.3, 0.4) is 0 Å². The molecule has 0 aliphatic heterocycles. The van der Waals surface area contributed by atoms with Crippen LogP contribution in [0.25, 0.3) is 0 Å². The standard InChI is InChI=1S/C9H7FN2O2/c1-14-9(13)4-6-2-3-7(10)8(5-11)12-6/h2-3H,4H2,1H3. The molecule has 0 aromatic carbocycles. The Hall–Kier alpha value is -1.96. The molecule has 0 aliphatic carbocycles. The zero-order valence-corrected chi connectivity index (χ0v) is 7.45. The van der Waals surface area contributed by atoms with E-state index in [1.165, 1.54) is 13.2 Å². The van der Waals surface area contributed by atoms with Gasteiger partial charge < -0.3 is 4.74 Å². The minimum atomic E-state index is -0.693. The van der Waals surface area contributed by atoms with Gasteiger partial charge in [-0.2, -0.15) is 5.26 Å². The SMILES string of the molecule is COC(=O)Cc1ccc(F)c(C#N)n1. The quantitative estimate of drug-likeness (QED) is 0.653. The van der Waals surface area contributed by atoms with E-state index in [-0.39, 0.29) is 12.1 Å². The Kier molecular flexibility index (Phi) is 3.13. The number of esters is 1. The van der Waals surface area contributed by atoms with Crippen molar-refractivity contribution in [3.8, 4) is 6.07 Å². The summed E-state index contributed by atoms with van der Waals surface area (Å²) in [6.07, 6.45) is -0.0640. The maximum absolute atomic E-state index is 12.8. The summed E-state index contributed by atoms with van der Waals surface area (Å²) in [4.78, 5) is 14.5. The number of ether oxygens (including phenoxy) is 1. The maximum Gasteiger partial charge on any atom is 0.311 e. The molecule has 0 saturated carbocycles. The van der Waals surface area contributed by atoms with Crippen molar-refractivity contribution in [2.45, 2.75) is 6.42 Å². The molecule has 0 saturated heterocycles. The number of aromatic nitrogens is 1. The second-order valence-corrected chi connectivity index (χ2v) is 2.50. The van der Waals surface area contributed by atoms with Gasteiger partial charge >= 0.3 is 5.97 Å². The van der Waals surface area contributed by atoms with E-state index in [9.17, 15) is 9.18 Å². The molecule has 1 rings (SSSR count). The van der Waals surface area contributed by atoms with Crippen molar-refractivity contribution in [2.75, 3.05) is 7.11 Å². The number of hydrogen-bond donors (Lipinski definition) is 0. The average molecular weight is 194 g/mol. The molecule has 0 aliphatic rings. The summed E-state index contributed by atoms with van der Waals surface area (Å²) in [7, 11) is 1.25. The van der Waals surface area contributed by atoms with Crippen molar-refractivity contribution >= 4 is 5.97 Å². The number of halogens is 1. The van der Waals surface area contributed by atoms with E-state index in [2.05, 4.69) is 9.72 Å². The molecular formula is C9H7FN2O2. The third-order valence-corrected chi connectivity index (χ3v) is 1.56. The Morgan fingerprint density at radius 2 is 2.43 bits per heavy atom. The highest BCUT2D eigenvalue weighted by molar-refractivity contribution is 5.71. The number of nitriles is 1. The van der Waals surface area contributed by atoms with Gasteiger partial charge in [-0.25, -0.2) is 9.37 Å². The van der Waals surface area contributed by atoms with Crippen LogP contribution in [-0.4, -0.2) is 18.1 Å². The Morgan fingerprint density at radius 1 is 1.71 bits per heavy atom. The summed E-state index contributed by atoms with van der Waals surface area (Å²) < 4.78 is 17.2. The Labute approximate surface area is 79.9 Å². The lowest BCUT2D eigenvalue weighted by molar-refractivity contribution is -0.139. The summed E-state index contributed by atoms with van der Waals surface area (Å²) in [6, 6.07) is 4.03. The van der Waals surface area contributed by atoms with Crippen LogP contribution in [0.4, 0.5) is 4.39 Å². The number of carbonyl (C=O) groups excluding carboxylic acids is 1. The van der Waals surface area contributed by atoms with Crippen molar-refractivity contribution < 1.29 is 13.9 Å². The van der Waals surface area contributed by atoms with Crippen LogP contribution < -0.4 is 0 Å². The van der Waals surface area contributed by atoms with Gasteiger partial charge in [0.1, 0.15) is 6.07 Å². The number of methoxy groups -OCH3 is 1. The second kappa shape index (κ2) is 4.33. The molecular weight excluding hydrogens is 187 g/mol. The van der Waals surface area contributed by atoms with Gasteiger partial charge in [0.2, 0.25) is 0 Å². The van der Waals surface area contributed by atoms with Gasteiger partial charge in [0.05, 0.1) is 19.2 Å². The number of hydrogen-bond acceptors (Lipinski definition) is 4. The lowest BCUT2D eigenvalue weighted by Gasteiger charge is -1.99. The largest absolute Gasteiger partial charge is 0.469 e. The molecule has 0 fully saturated rings. The number of pyridine rings is 1. The number of rotatable bonds is 2. The lowest BCUT2D eigenvalue weighted by atomic mass is 10.2. The fourth-order valence-electron chi connectivity index (χ4n) is 0.879. The molecule has 0 spiro atoms. The van der Waals surface area contributed by atoms with Crippen molar-refractivity contribution in [2.24, 2.45) is 0 Å². The van der Waals surface area contributed by atoms with Gasteiger partial charge in [0, 0.05) is 0 Å². The first kappa shape index (κ1) is 10.1. The van der Waals surface area contributed by atoms with Gasteiger partial charge in [-0.05, 0) is 12.1 Å². The fraction of sp³-hybridized carbons (Fsp3) is 0.222. The first-order valence-electron chi connectivity index (χ1n) is 3.79. The normalized spacial score (nSPS) is 9.21. The van der Waals surface area contributed by atoms with Crippen LogP contribution >= 0.6 is 0 Å². The van der Waals surface area contributed by atoms with E-state index in [0.717, 1.165) is 6.07 Å². The predicted octanol–water partition coefficient (Wildman–Crippen LogP) is 0.808. The molecule has 72 valence electrons. The lowest BCUT2D eigenvalue weighted by Crippen LogP contribution is -2.07. The number of nitrogens with zero attached hydrogens (tertiary/aromatic N) is 2. The van der Waals surface area contributed by atoms with Crippen molar-refractivity contribution in [1.29, 1.82) is 5.26 Å². The minimum Gasteiger partial charge on any atom is -0.469 e. The highest BCUT2D eigenvalue weighted by atomic mass is 19.1. The van der Waals surface area contributed by atoms with Crippen molar-refractivity contribution in [1.82, 2.24) is 4.98 Å². The van der Waals surface area contributed by atoms with Gasteiger partial charge in [-0.15, -0.1) is 0 Å². The second-order valence-electron chi connectivity index (χ2n) is 2.50. The monoisotopic (exact) mass is 194 g/mol. The van der Waals surface area contributed by atoms with Crippen molar-refractivity contribution in [3.63, 3.8) is 0 Å². The molecule has 0 radical (unpaired) electrons. The van der Waals surface area contributed by atoms with Gasteiger partial charge in [0.25, 0.3) is 0 Å². The van der Waals surface area contributed by atoms with E-state index >= 15 is 0 Å². The molecule has 0 N–H and O–H groups in total. The molecule has 0 amide bonds. The molecule has 4 nitrogen and oxygen atoms in total. The summed E-state index contributed by atoms with van der Waals surface area (Å²) in [6.45, 7) is 0. The summed E-state index contributed by atoms with van der Waals surface area (Å²) in [5, 5.41) is 8.47. The molecule has 0 unspecified atom stereocenters. The highest BCUT2D eigenvalue weighted by Gasteiger charge is 2.08. The van der Waals surface area contributed by atoms with E-state index in [1.807, 2.05) is 0 Å². The van der Waals surface area contributed by atoms with Crippen LogP contribution in [0.15, 0.2) is 12.1 Å². The van der Waals surface area contributed by atoms with E-state index in [0.29, 0.717) is 5.69 Å².